The predicted octanol–water partition coefficient (Wildman–Crippen LogP) is 3.43. The van der Waals surface area contributed by atoms with Crippen LogP contribution in [0.25, 0.3) is 11.0 Å². The number of methoxy groups -OCH3 is 1. The quantitative estimate of drug-likeness (QED) is 0.157. The highest BCUT2D eigenvalue weighted by Gasteiger charge is 2.20. The zero-order valence-electron chi connectivity index (χ0n) is 21.2. The Balaban J connectivity index is 0.00000441. The average molecular weight is 569 g/mol. The number of phenols is 1. The van der Waals surface area contributed by atoms with Crippen molar-refractivity contribution in [1.29, 1.82) is 0 Å². The van der Waals surface area contributed by atoms with Gasteiger partial charge in [-0.15, -0.1) is 0 Å². The minimum atomic E-state index is -4.17. The maximum absolute atomic E-state index is 13.4. The van der Waals surface area contributed by atoms with Gasteiger partial charge in [0.1, 0.15) is 11.5 Å². The summed E-state index contributed by atoms with van der Waals surface area (Å²) < 4.78 is 34.4. The van der Waals surface area contributed by atoms with Gasteiger partial charge in [0.05, 0.1) is 35.7 Å². The molecule has 1 unspecified atom stereocenters. The van der Waals surface area contributed by atoms with E-state index in [0.717, 1.165) is 0 Å². The number of carbonyl (C=O) groups excluding carboxylic acids is 1. The van der Waals surface area contributed by atoms with E-state index in [-0.39, 0.29) is 48.5 Å². The number of sulfonamides is 1. The van der Waals surface area contributed by atoms with Gasteiger partial charge in [-0.3, -0.25) is 9.52 Å². The maximum Gasteiger partial charge on any atom is 0.263 e. The van der Waals surface area contributed by atoms with E-state index in [1.165, 1.54) is 37.4 Å². The number of amides is 1. The van der Waals surface area contributed by atoms with E-state index >= 15 is 0 Å². The first kappa shape index (κ1) is 30.1. The number of phenolic OH excluding ortho intramolecular Hbond substituents is 1. The summed E-state index contributed by atoms with van der Waals surface area (Å²) in [6.07, 6.45) is -0.607. The molecule has 0 saturated carbocycles. The van der Waals surface area contributed by atoms with Crippen LogP contribution in [0.2, 0.25) is 0 Å². The molecule has 0 radical (unpaired) electrons. The van der Waals surface area contributed by atoms with Crippen LogP contribution in [0, 0.1) is 0 Å². The van der Waals surface area contributed by atoms with Crippen molar-refractivity contribution < 1.29 is 28.2 Å². The number of aliphatic hydroxyl groups is 1. The van der Waals surface area contributed by atoms with Gasteiger partial charge >= 0.3 is 0 Å². The molecule has 0 fully saturated rings. The Morgan fingerprint density at radius 3 is 2.35 bits per heavy atom. The third-order valence-electron chi connectivity index (χ3n) is 5.34. The smallest absolute Gasteiger partial charge is 0.263 e. The molecule has 1 aromatic heterocycles. The Bertz CT molecular complexity index is 1600. The number of nitrogens with one attached hydrogen (secondary N) is 4. The van der Waals surface area contributed by atoms with Crippen LogP contribution in [-0.4, -0.2) is 60.8 Å². The molecule has 3 aromatic carbocycles. The van der Waals surface area contributed by atoms with Crippen LogP contribution < -0.4 is 25.4 Å². The molecule has 1 heterocycles. The predicted molar refractivity (Wildman–Crippen MR) is 155 cm³/mol. The first-order valence-electron chi connectivity index (χ1n) is 11.9. The fraction of sp³-hybridized carbons (Fsp3) is 0.222. The number of aliphatic hydroxyl groups excluding tert-OH is 1. The Hall–Kier alpha value is -4.46. The van der Waals surface area contributed by atoms with Crippen molar-refractivity contribution in [3.05, 3.63) is 66.7 Å². The number of carbonyl (C=O) groups is 1. The van der Waals surface area contributed by atoms with E-state index in [0.29, 0.717) is 22.5 Å². The van der Waals surface area contributed by atoms with Crippen molar-refractivity contribution in [2.45, 2.75) is 25.3 Å². The van der Waals surface area contributed by atoms with Gasteiger partial charge in [0, 0.05) is 36.1 Å². The molecule has 212 valence electrons. The van der Waals surface area contributed by atoms with Crippen LogP contribution in [0.1, 0.15) is 14.4 Å². The molecule has 6 N–H and O–H groups in total. The lowest BCUT2D eigenvalue weighted by molar-refractivity contribution is -0.115. The van der Waals surface area contributed by atoms with Gasteiger partial charge in [-0.2, -0.15) is 0 Å². The summed E-state index contributed by atoms with van der Waals surface area (Å²) in [5.41, 5.74) is 1.64. The molecule has 1 atom stereocenters. The number of nitrogens with zero attached hydrogens (tertiary/aromatic N) is 2. The molecular weight excluding hydrogens is 536 g/mol. The fourth-order valence-electron chi connectivity index (χ4n) is 3.60. The van der Waals surface area contributed by atoms with Crippen molar-refractivity contribution >= 4 is 50.0 Å². The SMILES string of the molecule is C.COc1cc(O)cc(Nc2nc3ccccc3nc2NS(=O)(=O)c2cccc(NC(=O)CNCC(C)O)c2)c1. The highest BCUT2D eigenvalue weighted by Crippen LogP contribution is 2.31. The number of benzene rings is 3. The van der Waals surface area contributed by atoms with Gasteiger partial charge in [-0.05, 0) is 37.3 Å². The number of aromatic hydroxyl groups is 1. The Morgan fingerprint density at radius 2 is 1.68 bits per heavy atom. The number of rotatable bonds is 11. The van der Waals surface area contributed by atoms with Crippen LogP contribution in [0.3, 0.4) is 0 Å². The van der Waals surface area contributed by atoms with Gasteiger partial charge in [0.25, 0.3) is 10.0 Å². The van der Waals surface area contributed by atoms with Crippen molar-refractivity contribution in [2.24, 2.45) is 0 Å². The first-order valence-corrected chi connectivity index (χ1v) is 13.3. The van der Waals surface area contributed by atoms with E-state index < -0.39 is 22.0 Å². The Labute approximate surface area is 232 Å². The van der Waals surface area contributed by atoms with Crippen LogP contribution in [0.15, 0.2) is 71.6 Å². The van der Waals surface area contributed by atoms with E-state index in [1.54, 1.807) is 43.3 Å². The second-order valence-electron chi connectivity index (χ2n) is 8.62. The highest BCUT2D eigenvalue weighted by atomic mass is 32.2. The van der Waals surface area contributed by atoms with E-state index in [9.17, 15) is 23.4 Å². The number of aromatic nitrogens is 2. The molecule has 0 bridgehead atoms. The number of para-hydroxylation sites is 2. The molecule has 40 heavy (non-hydrogen) atoms. The lowest BCUT2D eigenvalue weighted by Gasteiger charge is -2.15. The average Bonchev–Trinajstić information content (AvgIpc) is 2.88. The van der Waals surface area contributed by atoms with Gasteiger partial charge in [-0.1, -0.05) is 25.6 Å². The topological polar surface area (TPSA) is 175 Å². The zero-order chi connectivity index (χ0) is 28.0. The monoisotopic (exact) mass is 568 g/mol. The summed E-state index contributed by atoms with van der Waals surface area (Å²) in [4.78, 5) is 21.1. The molecule has 1 amide bonds. The Morgan fingerprint density at radius 1 is 0.975 bits per heavy atom. The highest BCUT2D eigenvalue weighted by molar-refractivity contribution is 7.92. The number of hydrogen-bond donors (Lipinski definition) is 6. The summed E-state index contributed by atoms with van der Waals surface area (Å²) in [6.45, 7) is 1.78. The van der Waals surface area contributed by atoms with E-state index in [2.05, 4.69) is 30.6 Å². The van der Waals surface area contributed by atoms with Gasteiger partial charge in [0.2, 0.25) is 5.91 Å². The molecular formula is C27H32N6O6S. The molecule has 0 spiro atoms. The second kappa shape index (κ2) is 13.1. The minimum absolute atomic E-state index is 0. The van der Waals surface area contributed by atoms with Crippen LogP contribution in [0.4, 0.5) is 23.0 Å². The molecule has 0 aliphatic heterocycles. The van der Waals surface area contributed by atoms with Crippen molar-refractivity contribution in [3.63, 3.8) is 0 Å². The first-order chi connectivity index (χ1) is 18.6. The van der Waals surface area contributed by atoms with Gasteiger partial charge in [-0.25, -0.2) is 18.4 Å². The number of ether oxygens (including phenoxy) is 1. The van der Waals surface area contributed by atoms with E-state index in [1.807, 2.05) is 0 Å². The van der Waals surface area contributed by atoms with Crippen LogP contribution in [-0.2, 0) is 14.8 Å². The molecule has 0 aliphatic carbocycles. The molecule has 4 aromatic rings. The van der Waals surface area contributed by atoms with Crippen LogP contribution >= 0.6 is 0 Å². The zero-order valence-corrected chi connectivity index (χ0v) is 22.0. The second-order valence-corrected chi connectivity index (χ2v) is 10.3. The van der Waals surface area contributed by atoms with Crippen molar-refractivity contribution in [1.82, 2.24) is 15.3 Å². The molecule has 4 rings (SSSR count). The largest absolute Gasteiger partial charge is 0.508 e. The molecule has 12 nitrogen and oxygen atoms in total. The summed E-state index contributed by atoms with van der Waals surface area (Å²) in [6, 6.07) is 17.2. The molecule has 0 aliphatic rings. The van der Waals surface area contributed by atoms with E-state index in [4.69, 9.17) is 4.74 Å². The summed E-state index contributed by atoms with van der Waals surface area (Å²) in [5.74, 6) is -0.0566. The third kappa shape index (κ3) is 7.79. The fourth-order valence-corrected chi connectivity index (χ4v) is 4.65. The Kier molecular flexibility index (Phi) is 9.82. The number of anilines is 4. The van der Waals surface area contributed by atoms with Crippen molar-refractivity contribution in [2.75, 3.05) is 35.6 Å². The number of hydrogen-bond acceptors (Lipinski definition) is 10. The minimum Gasteiger partial charge on any atom is -0.508 e. The molecule has 13 heteroatoms. The summed E-state index contributed by atoms with van der Waals surface area (Å²) in [5, 5.41) is 27.7. The lowest BCUT2D eigenvalue weighted by atomic mass is 10.2. The standard InChI is InChI=1S/C26H28N6O6S.CH4/c1-16(33)14-27-15-24(35)28-17-6-5-7-21(12-17)39(36,37)32-26-25(30-22-8-3-4-9-23(22)31-26)29-18-10-19(34)13-20(11-18)38-2;/h3-13,16,27,33-34H,14-15H2,1-2H3,(H,28,35)(H,29,30)(H,31,32);1H4. The number of fused-ring (bicyclic) bond motifs is 1. The van der Waals surface area contributed by atoms with Gasteiger partial charge < -0.3 is 30.9 Å². The van der Waals surface area contributed by atoms with Gasteiger partial charge in [0.15, 0.2) is 11.6 Å². The van der Waals surface area contributed by atoms with Crippen LogP contribution in [0.5, 0.6) is 11.5 Å². The normalized spacial score (nSPS) is 11.8. The van der Waals surface area contributed by atoms with Crippen molar-refractivity contribution in [3.8, 4) is 11.5 Å². The lowest BCUT2D eigenvalue weighted by Crippen LogP contribution is -2.32. The molecule has 0 saturated heterocycles. The maximum atomic E-state index is 13.4. The third-order valence-corrected chi connectivity index (χ3v) is 6.68. The summed E-state index contributed by atoms with van der Waals surface area (Å²) in [7, 11) is -2.72. The summed E-state index contributed by atoms with van der Waals surface area (Å²) >= 11 is 0.